The monoisotopic (exact) mass is 323 g/mol. The number of hydrogen-bond donors (Lipinski definition) is 2. The van der Waals surface area contributed by atoms with E-state index in [9.17, 15) is 0 Å². The molecular weight excluding hydrogens is 302 g/mol. The van der Waals surface area contributed by atoms with E-state index in [1.165, 1.54) is 11.1 Å². The molecular formula is C17H21N7. The van der Waals surface area contributed by atoms with Crippen molar-refractivity contribution in [3.8, 4) is 5.69 Å². The van der Waals surface area contributed by atoms with E-state index in [1.54, 1.807) is 10.9 Å². The van der Waals surface area contributed by atoms with Gasteiger partial charge in [0.1, 0.15) is 0 Å². The van der Waals surface area contributed by atoms with Crippen molar-refractivity contribution in [3.63, 3.8) is 0 Å². The van der Waals surface area contributed by atoms with Crippen molar-refractivity contribution < 1.29 is 0 Å². The van der Waals surface area contributed by atoms with E-state index >= 15 is 0 Å². The zero-order valence-corrected chi connectivity index (χ0v) is 14.1. The van der Waals surface area contributed by atoms with Gasteiger partial charge in [0, 0.05) is 18.3 Å². The van der Waals surface area contributed by atoms with Gasteiger partial charge in [-0.15, -0.1) is 5.10 Å². The Bertz CT molecular complexity index is 942. The second-order valence-corrected chi connectivity index (χ2v) is 6.83. The summed E-state index contributed by atoms with van der Waals surface area (Å²) < 4.78 is 1.74. The number of anilines is 2. The first-order valence-electron chi connectivity index (χ1n) is 7.99. The Morgan fingerprint density at radius 2 is 2.00 bits per heavy atom. The molecule has 0 spiro atoms. The zero-order valence-electron chi connectivity index (χ0n) is 14.1. The van der Waals surface area contributed by atoms with E-state index in [0.29, 0.717) is 16.9 Å². The molecule has 0 atom stereocenters. The van der Waals surface area contributed by atoms with Crippen LogP contribution in [0, 0.1) is 0 Å². The highest BCUT2D eigenvalue weighted by atomic mass is 15.3. The number of aromatic nitrogens is 4. The van der Waals surface area contributed by atoms with Crippen LogP contribution < -0.4 is 11.5 Å². The normalized spacial score (nSPS) is 17.1. The maximum atomic E-state index is 6.02. The van der Waals surface area contributed by atoms with Crippen molar-refractivity contribution in [2.45, 2.75) is 25.8 Å². The SMILES string of the molecule is CN1CCc2ccc(-n3nc(N)c4cnc(N)nc43)cc2C1(C)C. The molecule has 1 aliphatic heterocycles. The van der Waals surface area contributed by atoms with Crippen LogP contribution in [0.4, 0.5) is 11.8 Å². The summed E-state index contributed by atoms with van der Waals surface area (Å²) in [4.78, 5) is 10.7. The van der Waals surface area contributed by atoms with Gasteiger partial charge in [-0.3, -0.25) is 4.90 Å². The molecule has 0 fully saturated rings. The molecule has 1 aromatic carbocycles. The van der Waals surface area contributed by atoms with E-state index in [-0.39, 0.29) is 11.5 Å². The summed E-state index contributed by atoms with van der Waals surface area (Å²) in [5, 5.41) is 5.15. The van der Waals surface area contributed by atoms with Crippen LogP contribution >= 0.6 is 0 Å². The summed E-state index contributed by atoms with van der Waals surface area (Å²) in [5.41, 5.74) is 16.0. The Morgan fingerprint density at radius 1 is 1.21 bits per heavy atom. The molecule has 3 aromatic rings. The number of nitrogens with zero attached hydrogens (tertiary/aromatic N) is 5. The second kappa shape index (κ2) is 4.91. The smallest absolute Gasteiger partial charge is 0.222 e. The molecule has 0 radical (unpaired) electrons. The first-order chi connectivity index (χ1) is 11.4. The first kappa shape index (κ1) is 14.9. The summed E-state index contributed by atoms with van der Waals surface area (Å²) in [6.45, 7) is 5.54. The molecule has 0 unspecified atom stereocenters. The van der Waals surface area contributed by atoms with Crippen LogP contribution in [-0.4, -0.2) is 38.2 Å². The van der Waals surface area contributed by atoms with Crippen LogP contribution in [0.15, 0.2) is 24.4 Å². The largest absolute Gasteiger partial charge is 0.382 e. The van der Waals surface area contributed by atoms with Gasteiger partial charge in [0.05, 0.1) is 11.1 Å². The molecule has 124 valence electrons. The maximum Gasteiger partial charge on any atom is 0.222 e. The van der Waals surface area contributed by atoms with Crippen LogP contribution in [-0.2, 0) is 12.0 Å². The van der Waals surface area contributed by atoms with Gasteiger partial charge in [-0.25, -0.2) is 9.67 Å². The molecule has 0 saturated carbocycles. The number of hydrogen-bond acceptors (Lipinski definition) is 6. The summed E-state index contributed by atoms with van der Waals surface area (Å²) >= 11 is 0. The predicted octanol–water partition coefficient (Wildman–Crippen LogP) is 1.70. The molecule has 24 heavy (non-hydrogen) atoms. The Hall–Kier alpha value is -2.67. The molecule has 0 saturated heterocycles. The van der Waals surface area contributed by atoms with Crippen molar-refractivity contribution in [1.82, 2.24) is 24.6 Å². The molecule has 7 heteroatoms. The van der Waals surface area contributed by atoms with Crippen LogP contribution in [0.3, 0.4) is 0 Å². The molecule has 4 rings (SSSR count). The van der Waals surface area contributed by atoms with Crippen molar-refractivity contribution in [2.75, 3.05) is 25.1 Å². The van der Waals surface area contributed by atoms with Gasteiger partial charge in [-0.2, -0.15) is 4.98 Å². The van der Waals surface area contributed by atoms with E-state index in [2.05, 4.69) is 59.1 Å². The van der Waals surface area contributed by atoms with Crippen LogP contribution in [0.5, 0.6) is 0 Å². The summed E-state index contributed by atoms with van der Waals surface area (Å²) in [7, 11) is 2.16. The van der Waals surface area contributed by atoms with Gasteiger partial charge in [0.25, 0.3) is 0 Å². The molecule has 7 nitrogen and oxygen atoms in total. The average Bonchev–Trinajstić information content (AvgIpc) is 2.87. The standard InChI is InChI=1S/C17H21N7/c1-17(2)13-8-11(5-4-10(13)6-7-23(17)3)24-15-12(14(18)22-24)9-20-16(19)21-15/h4-5,8-9H,6-7H2,1-3H3,(H2,18,22)(H2,19,20,21). The second-order valence-electron chi connectivity index (χ2n) is 6.83. The molecule has 3 heterocycles. The van der Waals surface area contributed by atoms with Crippen molar-refractivity contribution in [2.24, 2.45) is 0 Å². The van der Waals surface area contributed by atoms with Crippen molar-refractivity contribution in [1.29, 1.82) is 0 Å². The minimum absolute atomic E-state index is 0.0356. The van der Waals surface area contributed by atoms with E-state index in [0.717, 1.165) is 18.7 Å². The van der Waals surface area contributed by atoms with E-state index in [1.807, 2.05) is 0 Å². The zero-order chi connectivity index (χ0) is 17.1. The minimum atomic E-state index is -0.0356. The molecule has 1 aliphatic rings. The lowest BCUT2D eigenvalue weighted by Gasteiger charge is -2.41. The summed E-state index contributed by atoms with van der Waals surface area (Å²) in [6, 6.07) is 6.41. The average molecular weight is 323 g/mol. The van der Waals surface area contributed by atoms with Gasteiger partial charge in [0.2, 0.25) is 5.95 Å². The predicted molar refractivity (Wildman–Crippen MR) is 94.8 cm³/mol. The van der Waals surface area contributed by atoms with Crippen molar-refractivity contribution in [3.05, 3.63) is 35.5 Å². The van der Waals surface area contributed by atoms with E-state index in [4.69, 9.17) is 11.5 Å². The van der Waals surface area contributed by atoms with E-state index < -0.39 is 0 Å². The number of likely N-dealkylation sites (N-methyl/N-ethyl adjacent to an activating group) is 1. The minimum Gasteiger partial charge on any atom is -0.382 e. The third kappa shape index (κ3) is 2.05. The Morgan fingerprint density at radius 3 is 2.79 bits per heavy atom. The number of nitrogens with two attached hydrogens (primary N) is 2. The highest BCUT2D eigenvalue weighted by Crippen LogP contribution is 2.35. The van der Waals surface area contributed by atoms with Gasteiger partial charge >= 0.3 is 0 Å². The highest BCUT2D eigenvalue weighted by Gasteiger charge is 2.32. The van der Waals surface area contributed by atoms with Crippen LogP contribution in [0.25, 0.3) is 16.7 Å². The van der Waals surface area contributed by atoms with Crippen LogP contribution in [0.2, 0.25) is 0 Å². The fourth-order valence-corrected chi connectivity index (χ4v) is 3.37. The molecule has 4 N–H and O–H groups in total. The maximum absolute atomic E-state index is 6.02. The van der Waals surface area contributed by atoms with Crippen LogP contribution in [0.1, 0.15) is 25.0 Å². The Kier molecular flexibility index (Phi) is 3.05. The molecule has 2 aromatic heterocycles. The number of rotatable bonds is 1. The topological polar surface area (TPSA) is 98.9 Å². The number of fused-ring (bicyclic) bond motifs is 2. The summed E-state index contributed by atoms with van der Waals surface area (Å²) in [6.07, 6.45) is 2.67. The fourth-order valence-electron chi connectivity index (χ4n) is 3.37. The van der Waals surface area contributed by atoms with Gasteiger partial charge < -0.3 is 11.5 Å². The highest BCUT2D eigenvalue weighted by molar-refractivity contribution is 5.87. The first-order valence-corrected chi connectivity index (χ1v) is 7.99. The van der Waals surface area contributed by atoms with Gasteiger partial charge in [-0.05, 0) is 50.6 Å². The molecule has 0 bridgehead atoms. The van der Waals surface area contributed by atoms with Gasteiger partial charge in [0.15, 0.2) is 11.5 Å². The number of benzene rings is 1. The van der Waals surface area contributed by atoms with Crippen molar-refractivity contribution >= 4 is 22.8 Å². The lowest BCUT2D eigenvalue weighted by Crippen LogP contribution is -2.44. The quantitative estimate of drug-likeness (QED) is 0.707. The Labute approximate surface area is 140 Å². The lowest BCUT2D eigenvalue weighted by atomic mass is 9.83. The number of nitrogen functional groups attached to an aromatic ring is 2. The molecule has 0 amide bonds. The molecule has 0 aliphatic carbocycles. The van der Waals surface area contributed by atoms with Gasteiger partial charge in [-0.1, -0.05) is 6.07 Å². The lowest BCUT2D eigenvalue weighted by molar-refractivity contribution is 0.143. The fraction of sp³-hybridized carbons (Fsp3) is 0.353. The Balaban J connectivity index is 1.93. The summed E-state index contributed by atoms with van der Waals surface area (Å²) in [5.74, 6) is 0.612. The third-order valence-electron chi connectivity index (χ3n) is 5.14. The third-order valence-corrected chi connectivity index (χ3v) is 5.14.